The van der Waals surface area contributed by atoms with E-state index in [4.69, 9.17) is 4.74 Å². The lowest BCUT2D eigenvalue weighted by molar-refractivity contribution is -0.884. The zero-order valence-corrected chi connectivity index (χ0v) is 18.1. The van der Waals surface area contributed by atoms with E-state index in [1.54, 1.807) is 67.0 Å². The summed E-state index contributed by atoms with van der Waals surface area (Å²) >= 11 is 1.71. The van der Waals surface area contributed by atoms with Crippen LogP contribution >= 0.6 is 11.3 Å². The molecule has 0 saturated heterocycles. The quantitative estimate of drug-likeness (QED) is 0.521. The van der Waals surface area contributed by atoms with E-state index in [0.29, 0.717) is 29.2 Å². The first kappa shape index (κ1) is 21.5. The number of para-hydroxylation sites is 1. The van der Waals surface area contributed by atoms with E-state index in [2.05, 4.69) is 29.0 Å². The number of ether oxygens (including phenoxy) is 1. The van der Waals surface area contributed by atoms with Gasteiger partial charge in [0.2, 0.25) is 0 Å². The lowest BCUT2D eigenvalue weighted by Gasteiger charge is -2.15. The van der Waals surface area contributed by atoms with E-state index in [-0.39, 0.29) is 11.8 Å². The van der Waals surface area contributed by atoms with Gasteiger partial charge < -0.3 is 20.3 Å². The Morgan fingerprint density at radius 2 is 1.77 bits per heavy atom. The average Bonchev–Trinajstić information content (AvgIpc) is 3.13. The van der Waals surface area contributed by atoms with Crippen LogP contribution in [-0.2, 0) is 11.3 Å². The highest BCUT2D eigenvalue weighted by Crippen LogP contribution is 2.19. The van der Waals surface area contributed by atoms with Gasteiger partial charge in [-0.25, -0.2) is 0 Å². The lowest BCUT2D eigenvalue weighted by atomic mass is 10.1. The number of carbonyl (C=O) groups is 2. The van der Waals surface area contributed by atoms with Crippen LogP contribution in [0.3, 0.4) is 0 Å². The number of hydrogen-bond acceptors (Lipinski definition) is 4. The number of quaternary nitrogens is 1. The van der Waals surface area contributed by atoms with Gasteiger partial charge in [0, 0.05) is 5.69 Å². The smallest absolute Gasteiger partial charge is 0.279 e. The van der Waals surface area contributed by atoms with E-state index in [9.17, 15) is 9.59 Å². The standard InChI is InChI=1S/C23H25N3O3S/c1-16-12-13-30-21(16)14-26(2)15-22(27)25-20-7-5-4-6-19(20)23(28)24-17-8-10-18(29-3)11-9-17/h4-13H,14-15H2,1-3H3,(H,24,28)(H,25,27)/p+1. The molecule has 0 aliphatic carbocycles. The van der Waals surface area contributed by atoms with E-state index < -0.39 is 0 Å². The molecule has 1 aromatic heterocycles. The van der Waals surface area contributed by atoms with Gasteiger partial charge in [-0.2, -0.15) is 0 Å². The van der Waals surface area contributed by atoms with Gasteiger partial charge in [0.25, 0.3) is 11.8 Å². The van der Waals surface area contributed by atoms with Crippen LogP contribution in [0.5, 0.6) is 5.75 Å². The van der Waals surface area contributed by atoms with Gasteiger partial charge in [0.05, 0.1) is 30.3 Å². The highest BCUT2D eigenvalue weighted by molar-refractivity contribution is 7.10. The van der Waals surface area contributed by atoms with Crippen LogP contribution in [0.1, 0.15) is 20.8 Å². The molecule has 1 unspecified atom stereocenters. The van der Waals surface area contributed by atoms with Gasteiger partial charge in [0.1, 0.15) is 12.3 Å². The third-order valence-corrected chi connectivity index (χ3v) is 5.71. The largest absolute Gasteiger partial charge is 0.497 e. The maximum absolute atomic E-state index is 12.7. The Labute approximate surface area is 180 Å². The Balaban J connectivity index is 1.63. The maximum atomic E-state index is 12.7. The molecular formula is C23H26N3O3S+. The summed E-state index contributed by atoms with van der Waals surface area (Å²) in [4.78, 5) is 27.7. The average molecular weight is 425 g/mol. The fourth-order valence-electron chi connectivity index (χ4n) is 3.05. The number of methoxy groups -OCH3 is 1. The second-order valence-electron chi connectivity index (χ2n) is 7.11. The van der Waals surface area contributed by atoms with Gasteiger partial charge in [-0.05, 0) is 60.3 Å². The zero-order valence-electron chi connectivity index (χ0n) is 17.3. The van der Waals surface area contributed by atoms with Crippen LogP contribution in [0.15, 0.2) is 60.0 Å². The summed E-state index contributed by atoms with van der Waals surface area (Å²) < 4.78 is 5.13. The molecular weight excluding hydrogens is 398 g/mol. The number of hydrogen-bond donors (Lipinski definition) is 3. The van der Waals surface area contributed by atoms with E-state index in [0.717, 1.165) is 11.4 Å². The second-order valence-corrected chi connectivity index (χ2v) is 8.11. The van der Waals surface area contributed by atoms with Crippen molar-refractivity contribution in [2.24, 2.45) is 0 Å². The molecule has 0 fully saturated rings. The molecule has 0 aliphatic rings. The Morgan fingerprint density at radius 3 is 2.43 bits per heavy atom. The van der Waals surface area contributed by atoms with Crippen LogP contribution in [-0.4, -0.2) is 32.5 Å². The normalized spacial score (nSPS) is 11.6. The Bertz CT molecular complexity index is 1010. The van der Waals surface area contributed by atoms with Crippen LogP contribution < -0.4 is 20.3 Å². The summed E-state index contributed by atoms with van der Waals surface area (Å²) in [5.74, 6) is 0.294. The van der Waals surface area contributed by atoms with Gasteiger partial charge in [-0.3, -0.25) is 9.59 Å². The van der Waals surface area contributed by atoms with Crippen molar-refractivity contribution in [3.05, 3.63) is 76.0 Å². The Hall–Kier alpha value is -3.16. The minimum atomic E-state index is -0.286. The number of thiophene rings is 1. The van der Waals surface area contributed by atoms with Gasteiger partial charge in [0.15, 0.2) is 6.54 Å². The zero-order chi connectivity index (χ0) is 21.5. The molecule has 30 heavy (non-hydrogen) atoms. The fourth-order valence-corrected chi connectivity index (χ4v) is 4.07. The number of likely N-dealkylation sites (N-methyl/N-ethyl adjacent to an activating group) is 1. The van der Waals surface area contributed by atoms with Crippen LogP contribution in [0.4, 0.5) is 11.4 Å². The second kappa shape index (κ2) is 10.0. The van der Waals surface area contributed by atoms with E-state index in [1.807, 2.05) is 7.05 Å². The number of nitrogens with one attached hydrogen (secondary N) is 3. The molecule has 3 rings (SSSR count). The third kappa shape index (κ3) is 5.68. The van der Waals surface area contributed by atoms with Gasteiger partial charge >= 0.3 is 0 Å². The summed E-state index contributed by atoms with van der Waals surface area (Å²) in [5.41, 5.74) is 2.81. The first-order valence-electron chi connectivity index (χ1n) is 9.65. The van der Waals surface area contributed by atoms with Crippen molar-refractivity contribution >= 4 is 34.5 Å². The number of carbonyl (C=O) groups excluding carboxylic acids is 2. The molecule has 0 bridgehead atoms. The SMILES string of the molecule is COc1ccc(NC(=O)c2ccccc2NC(=O)C[NH+](C)Cc2sccc2C)cc1. The Kier molecular flexibility index (Phi) is 7.21. The molecule has 1 heterocycles. The molecule has 7 heteroatoms. The van der Waals surface area contributed by atoms with Crippen molar-refractivity contribution in [2.45, 2.75) is 13.5 Å². The monoisotopic (exact) mass is 424 g/mol. The lowest BCUT2D eigenvalue weighted by Crippen LogP contribution is -3.08. The minimum Gasteiger partial charge on any atom is -0.497 e. The molecule has 3 N–H and O–H groups in total. The molecule has 6 nitrogen and oxygen atoms in total. The molecule has 0 saturated carbocycles. The van der Waals surface area contributed by atoms with Crippen molar-refractivity contribution in [3.8, 4) is 5.75 Å². The fraction of sp³-hybridized carbons (Fsp3) is 0.217. The first-order valence-corrected chi connectivity index (χ1v) is 10.5. The third-order valence-electron chi connectivity index (χ3n) is 4.69. The summed E-state index contributed by atoms with van der Waals surface area (Å²) in [6, 6.07) is 16.2. The summed E-state index contributed by atoms with van der Waals surface area (Å²) in [6.07, 6.45) is 0. The topological polar surface area (TPSA) is 71.9 Å². The van der Waals surface area contributed by atoms with Crippen molar-refractivity contribution in [2.75, 3.05) is 31.3 Å². The molecule has 156 valence electrons. The number of aryl methyl sites for hydroxylation is 1. The predicted molar refractivity (Wildman–Crippen MR) is 121 cm³/mol. The van der Waals surface area contributed by atoms with E-state index in [1.165, 1.54) is 10.4 Å². The molecule has 1 atom stereocenters. The molecule has 2 amide bonds. The molecule has 2 aromatic carbocycles. The summed E-state index contributed by atoms with van der Waals surface area (Å²) in [5, 5.41) is 7.80. The molecule has 0 aliphatic heterocycles. The number of benzene rings is 2. The summed E-state index contributed by atoms with van der Waals surface area (Å²) in [6.45, 7) is 3.18. The highest BCUT2D eigenvalue weighted by Gasteiger charge is 2.17. The minimum absolute atomic E-state index is 0.133. The van der Waals surface area contributed by atoms with Crippen molar-refractivity contribution in [3.63, 3.8) is 0 Å². The predicted octanol–water partition coefficient (Wildman–Crippen LogP) is 2.97. The highest BCUT2D eigenvalue weighted by atomic mass is 32.1. The number of amides is 2. The van der Waals surface area contributed by atoms with Gasteiger partial charge in [-0.15, -0.1) is 11.3 Å². The van der Waals surface area contributed by atoms with Crippen molar-refractivity contribution in [1.82, 2.24) is 0 Å². The van der Waals surface area contributed by atoms with Gasteiger partial charge in [-0.1, -0.05) is 12.1 Å². The number of rotatable bonds is 8. The van der Waals surface area contributed by atoms with Crippen molar-refractivity contribution in [1.29, 1.82) is 0 Å². The van der Waals surface area contributed by atoms with Crippen LogP contribution in [0.2, 0.25) is 0 Å². The van der Waals surface area contributed by atoms with Crippen molar-refractivity contribution < 1.29 is 19.2 Å². The summed E-state index contributed by atoms with van der Waals surface area (Å²) in [7, 11) is 3.58. The molecule has 0 spiro atoms. The number of anilines is 2. The maximum Gasteiger partial charge on any atom is 0.279 e. The van der Waals surface area contributed by atoms with Crippen LogP contribution in [0.25, 0.3) is 0 Å². The Morgan fingerprint density at radius 1 is 1.03 bits per heavy atom. The van der Waals surface area contributed by atoms with E-state index >= 15 is 0 Å². The first-order chi connectivity index (χ1) is 14.5. The molecule has 0 radical (unpaired) electrons. The molecule has 3 aromatic rings. The van der Waals surface area contributed by atoms with Crippen LogP contribution in [0, 0.1) is 6.92 Å².